The Kier molecular flexibility index (Phi) is 5.59. The summed E-state index contributed by atoms with van der Waals surface area (Å²) in [5.41, 5.74) is -0.367. The Morgan fingerprint density at radius 2 is 1.79 bits per heavy atom. The van der Waals surface area contributed by atoms with Crippen molar-refractivity contribution in [3.63, 3.8) is 0 Å². The molecule has 6 heteroatoms. The highest BCUT2D eigenvalue weighted by Gasteiger charge is 2.61. The quantitative estimate of drug-likeness (QED) is 0.478. The molecule has 2 aromatic rings. The molecule has 2 atom stereocenters. The summed E-state index contributed by atoms with van der Waals surface area (Å²) in [4.78, 5) is 13.7. The molecule has 1 fully saturated rings. The number of halogens is 3. The molecule has 2 aromatic carbocycles. The zero-order valence-electron chi connectivity index (χ0n) is 19.6. The summed E-state index contributed by atoms with van der Waals surface area (Å²) in [5.74, 6) is 2.46. The smallest absolute Gasteiger partial charge is 0.417 e. The first-order chi connectivity index (χ1) is 15.8. The first-order valence-corrected chi connectivity index (χ1v) is 11.3. The summed E-state index contributed by atoms with van der Waals surface area (Å²) in [6.07, 6.45) is 2.80. The van der Waals surface area contributed by atoms with Gasteiger partial charge < -0.3 is 9.84 Å². The van der Waals surface area contributed by atoms with Gasteiger partial charge in [-0.25, -0.2) is 0 Å². The van der Waals surface area contributed by atoms with E-state index < -0.39 is 17.2 Å². The summed E-state index contributed by atoms with van der Waals surface area (Å²) in [6.45, 7) is 7.99. The lowest BCUT2D eigenvalue weighted by Crippen LogP contribution is -2.45. The predicted octanol–water partition coefficient (Wildman–Crippen LogP) is 7.34. The number of hydrogen-bond acceptors (Lipinski definition) is 3. The third kappa shape index (κ3) is 3.50. The fourth-order valence-corrected chi connectivity index (χ4v) is 5.46. The van der Waals surface area contributed by atoms with Crippen LogP contribution in [0.1, 0.15) is 62.8 Å². The molecule has 0 aromatic heterocycles. The SMILES string of the molecule is C#Cc1cc(Oc2ccc(CC)c(C3=C(O)[C@@H]4CC[C@](C)(C3=O)C4(C)C)c2)ccc1C(F)(F)F. The van der Waals surface area contributed by atoms with Gasteiger partial charge in [-0.15, -0.1) is 6.42 Å². The van der Waals surface area contributed by atoms with E-state index in [1.807, 2.05) is 33.8 Å². The Balaban J connectivity index is 1.77. The Labute approximate surface area is 197 Å². The molecule has 3 nitrogen and oxygen atoms in total. The number of aliphatic hydroxyl groups excluding tert-OH is 1. The summed E-state index contributed by atoms with van der Waals surface area (Å²) in [5, 5.41) is 11.2. The van der Waals surface area contributed by atoms with Gasteiger partial charge in [-0.05, 0) is 66.1 Å². The van der Waals surface area contributed by atoms with Crippen LogP contribution >= 0.6 is 0 Å². The number of rotatable bonds is 4. The van der Waals surface area contributed by atoms with E-state index in [9.17, 15) is 23.1 Å². The zero-order valence-corrected chi connectivity index (χ0v) is 19.6. The van der Waals surface area contributed by atoms with E-state index in [0.29, 0.717) is 29.7 Å². The summed E-state index contributed by atoms with van der Waals surface area (Å²) in [7, 11) is 0. The molecule has 0 amide bonds. The van der Waals surface area contributed by atoms with Crippen LogP contribution in [0.2, 0.25) is 0 Å². The monoisotopic (exact) mass is 468 g/mol. The van der Waals surface area contributed by atoms with Crippen molar-refractivity contribution >= 4 is 11.4 Å². The van der Waals surface area contributed by atoms with Crippen LogP contribution in [-0.4, -0.2) is 10.9 Å². The number of Topliss-reactive ketones (excluding diaryl/α,β-unsaturated/α-hetero) is 1. The molecular weight excluding hydrogens is 441 g/mol. The number of allylic oxidation sites excluding steroid dienone is 2. The number of aliphatic hydroxyl groups is 1. The van der Waals surface area contributed by atoms with Crippen LogP contribution in [0.3, 0.4) is 0 Å². The molecule has 0 unspecified atom stereocenters. The van der Waals surface area contributed by atoms with E-state index in [4.69, 9.17) is 11.2 Å². The molecule has 0 heterocycles. The van der Waals surface area contributed by atoms with Crippen LogP contribution < -0.4 is 4.74 Å². The Hall–Kier alpha value is -3.20. The van der Waals surface area contributed by atoms with Gasteiger partial charge in [0.05, 0.1) is 11.1 Å². The molecule has 1 N–H and O–H groups in total. The number of hydrogen-bond donors (Lipinski definition) is 1. The minimum absolute atomic E-state index is 0.0836. The number of carbonyl (C=O) groups excluding carboxylic acids is 1. The predicted molar refractivity (Wildman–Crippen MR) is 124 cm³/mol. The normalized spacial score (nSPS) is 23.7. The second kappa shape index (κ2) is 7.94. The molecule has 178 valence electrons. The molecule has 34 heavy (non-hydrogen) atoms. The number of fused-ring (bicyclic) bond motifs is 2. The highest BCUT2D eigenvalue weighted by atomic mass is 19.4. The van der Waals surface area contributed by atoms with E-state index in [-0.39, 0.29) is 34.2 Å². The minimum atomic E-state index is -4.56. The Morgan fingerprint density at radius 1 is 1.15 bits per heavy atom. The first-order valence-electron chi connectivity index (χ1n) is 11.3. The van der Waals surface area contributed by atoms with Gasteiger partial charge in [0, 0.05) is 16.9 Å². The number of alkyl halides is 3. The van der Waals surface area contributed by atoms with Crippen LogP contribution in [0.25, 0.3) is 5.57 Å². The third-order valence-corrected chi connectivity index (χ3v) is 7.96. The molecule has 4 rings (SSSR count). The molecule has 2 aliphatic rings. The fourth-order valence-electron chi connectivity index (χ4n) is 5.46. The van der Waals surface area contributed by atoms with Gasteiger partial charge in [0.25, 0.3) is 0 Å². The molecular formula is C28H27F3O3. The van der Waals surface area contributed by atoms with E-state index in [1.165, 1.54) is 12.1 Å². The van der Waals surface area contributed by atoms with E-state index in [1.54, 1.807) is 12.1 Å². The average Bonchev–Trinajstić information content (AvgIpc) is 2.96. The van der Waals surface area contributed by atoms with Crippen molar-refractivity contribution in [2.24, 2.45) is 16.7 Å². The maximum atomic E-state index is 13.7. The Bertz CT molecular complexity index is 1250. The van der Waals surface area contributed by atoms with Crippen molar-refractivity contribution in [3.8, 4) is 23.8 Å². The molecule has 0 aliphatic heterocycles. The molecule has 1 saturated carbocycles. The van der Waals surface area contributed by atoms with Gasteiger partial charge in [0.2, 0.25) is 0 Å². The lowest BCUT2D eigenvalue weighted by Gasteiger charge is -2.45. The van der Waals surface area contributed by atoms with E-state index in [2.05, 4.69) is 5.92 Å². The van der Waals surface area contributed by atoms with Gasteiger partial charge in [0.15, 0.2) is 5.78 Å². The molecule has 0 spiro atoms. The van der Waals surface area contributed by atoms with Crippen LogP contribution in [0, 0.1) is 29.1 Å². The second-order valence-electron chi connectivity index (χ2n) is 9.86. The van der Waals surface area contributed by atoms with Gasteiger partial charge in [-0.1, -0.05) is 39.7 Å². The summed E-state index contributed by atoms with van der Waals surface area (Å²) < 4.78 is 45.3. The molecule has 2 aliphatic carbocycles. The number of benzene rings is 2. The fraction of sp³-hybridized carbons (Fsp3) is 0.393. The standard InChI is InChI=1S/C28H27F3O3/c1-6-16-8-9-19(34-18-10-11-21(28(29,30)31)17(7-2)14-18)15-20(16)23-24(32)22-12-13-27(5,25(23)33)26(22,3)4/h2,8-11,14-15,22,32H,6,12-13H2,1,3-5H3/t22-,27+/m0/s1. The van der Waals surface area contributed by atoms with Gasteiger partial charge in [-0.2, -0.15) is 13.2 Å². The van der Waals surface area contributed by atoms with Gasteiger partial charge in [-0.3, -0.25) is 4.79 Å². The number of terminal acetylenes is 1. The highest BCUT2D eigenvalue weighted by molar-refractivity contribution is 6.25. The van der Waals surface area contributed by atoms with Crippen molar-refractivity contribution in [1.29, 1.82) is 0 Å². The van der Waals surface area contributed by atoms with Gasteiger partial charge >= 0.3 is 6.18 Å². The largest absolute Gasteiger partial charge is 0.511 e. The van der Waals surface area contributed by atoms with Crippen molar-refractivity contribution in [3.05, 3.63) is 64.4 Å². The maximum absolute atomic E-state index is 13.7. The second-order valence-corrected chi connectivity index (χ2v) is 9.86. The van der Waals surface area contributed by atoms with Crippen molar-refractivity contribution in [2.45, 2.75) is 53.1 Å². The van der Waals surface area contributed by atoms with Gasteiger partial charge in [0.1, 0.15) is 17.3 Å². The van der Waals surface area contributed by atoms with Crippen molar-refractivity contribution < 1.29 is 27.8 Å². The average molecular weight is 469 g/mol. The van der Waals surface area contributed by atoms with Crippen molar-refractivity contribution in [2.75, 3.05) is 0 Å². The molecule has 0 radical (unpaired) electrons. The topological polar surface area (TPSA) is 46.5 Å². The van der Waals surface area contributed by atoms with Crippen LogP contribution in [-0.2, 0) is 17.4 Å². The van der Waals surface area contributed by atoms with Crippen LogP contribution in [0.5, 0.6) is 11.5 Å². The highest BCUT2D eigenvalue weighted by Crippen LogP contribution is 2.63. The number of carbonyl (C=O) groups is 1. The van der Waals surface area contributed by atoms with Crippen LogP contribution in [0.4, 0.5) is 13.2 Å². The maximum Gasteiger partial charge on any atom is 0.417 e. The lowest BCUT2D eigenvalue weighted by atomic mass is 9.58. The number of ether oxygens (including phenoxy) is 1. The van der Waals surface area contributed by atoms with E-state index in [0.717, 1.165) is 18.1 Å². The number of aryl methyl sites for hydroxylation is 1. The number of ketones is 1. The first kappa shape index (κ1) is 23.9. The Morgan fingerprint density at radius 3 is 2.41 bits per heavy atom. The van der Waals surface area contributed by atoms with Crippen LogP contribution in [0.15, 0.2) is 42.2 Å². The minimum Gasteiger partial charge on any atom is -0.511 e. The zero-order chi connectivity index (χ0) is 25.1. The summed E-state index contributed by atoms with van der Waals surface area (Å²) >= 11 is 0. The molecule has 2 bridgehead atoms. The lowest BCUT2D eigenvalue weighted by molar-refractivity contribution is -0.137. The summed E-state index contributed by atoms with van der Waals surface area (Å²) in [6, 6.07) is 8.46. The molecule has 0 saturated heterocycles. The third-order valence-electron chi connectivity index (χ3n) is 7.96. The van der Waals surface area contributed by atoms with Crippen molar-refractivity contribution in [1.82, 2.24) is 0 Å². The van der Waals surface area contributed by atoms with E-state index >= 15 is 0 Å².